The molecule has 2 N–H and O–H groups in total. The van der Waals surface area contributed by atoms with Crippen molar-refractivity contribution in [3.8, 4) is 18.1 Å². The van der Waals surface area contributed by atoms with E-state index in [9.17, 15) is 0 Å². The largest absolute Gasteiger partial charge is 0.496 e. The third-order valence-electron chi connectivity index (χ3n) is 2.72. The molecule has 3 heteroatoms. The molecule has 0 saturated heterocycles. The zero-order chi connectivity index (χ0) is 12.8. The summed E-state index contributed by atoms with van der Waals surface area (Å²) >= 11 is 0. The van der Waals surface area contributed by atoms with Crippen molar-refractivity contribution >= 4 is 5.69 Å². The minimum atomic E-state index is -0.0898. The maximum absolute atomic E-state index is 6.02. The molecule has 0 fully saturated rings. The van der Waals surface area contributed by atoms with Gasteiger partial charge in [0.1, 0.15) is 5.75 Å². The van der Waals surface area contributed by atoms with Crippen LogP contribution >= 0.6 is 0 Å². The number of ether oxygens (including phenoxy) is 1. The van der Waals surface area contributed by atoms with E-state index in [0.29, 0.717) is 6.54 Å². The van der Waals surface area contributed by atoms with E-state index in [4.69, 9.17) is 16.9 Å². The molecule has 1 atom stereocenters. The van der Waals surface area contributed by atoms with Crippen molar-refractivity contribution in [3.05, 3.63) is 23.8 Å². The fourth-order valence-corrected chi connectivity index (χ4v) is 1.92. The molecule has 0 spiro atoms. The highest BCUT2D eigenvalue weighted by Gasteiger charge is 2.16. The molecule has 0 aromatic heterocycles. The first-order valence-electron chi connectivity index (χ1n) is 5.76. The Labute approximate surface area is 104 Å². The van der Waals surface area contributed by atoms with Gasteiger partial charge in [-0.3, -0.25) is 0 Å². The standard InChI is InChI=1S/C14H20N2O/c1-5-10-16(6-2)12-8-7-9-13(17-4)14(12)11(3)15/h1,7-9,11H,6,10,15H2,2-4H3/t11-/m0/s1. The van der Waals surface area contributed by atoms with Gasteiger partial charge in [-0.1, -0.05) is 12.0 Å². The fourth-order valence-electron chi connectivity index (χ4n) is 1.92. The summed E-state index contributed by atoms with van der Waals surface area (Å²) in [5.41, 5.74) is 8.08. The van der Waals surface area contributed by atoms with Crippen LogP contribution in [0.2, 0.25) is 0 Å². The number of terminal acetylenes is 1. The quantitative estimate of drug-likeness (QED) is 0.791. The third-order valence-corrected chi connectivity index (χ3v) is 2.72. The van der Waals surface area contributed by atoms with Crippen LogP contribution in [0.5, 0.6) is 5.75 Å². The zero-order valence-corrected chi connectivity index (χ0v) is 10.7. The molecule has 0 unspecified atom stereocenters. The van der Waals surface area contributed by atoms with Crippen LogP contribution in [0, 0.1) is 12.3 Å². The molecule has 0 amide bonds. The predicted octanol–water partition coefficient (Wildman–Crippen LogP) is 2.17. The summed E-state index contributed by atoms with van der Waals surface area (Å²) in [6, 6.07) is 5.82. The summed E-state index contributed by atoms with van der Waals surface area (Å²) in [6.45, 7) is 5.44. The molecule has 92 valence electrons. The second kappa shape index (κ2) is 6.17. The van der Waals surface area contributed by atoms with Crippen molar-refractivity contribution < 1.29 is 4.74 Å². The fraction of sp³-hybridized carbons (Fsp3) is 0.429. The van der Waals surface area contributed by atoms with Gasteiger partial charge in [0.25, 0.3) is 0 Å². The maximum atomic E-state index is 6.02. The average Bonchev–Trinajstić information content (AvgIpc) is 2.34. The van der Waals surface area contributed by atoms with E-state index >= 15 is 0 Å². The Morgan fingerprint density at radius 2 is 2.24 bits per heavy atom. The Balaban J connectivity index is 3.26. The van der Waals surface area contributed by atoms with Gasteiger partial charge >= 0.3 is 0 Å². The second-order valence-corrected chi connectivity index (χ2v) is 3.90. The summed E-state index contributed by atoms with van der Waals surface area (Å²) in [5.74, 6) is 3.48. The molecule has 1 aromatic rings. The molecule has 0 aliphatic carbocycles. The number of nitrogens with two attached hydrogens (primary N) is 1. The molecule has 0 bridgehead atoms. The molecular formula is C14H20N2O. The lowest BCUT2D eigenvalue weighted by molar-refractivity contribution is 0.407. The van der Waals surface area contributed by atoms with Crippen molar-refractivity contribution in [2.24, 2.45) is 5.73 Å². The van der Waals surface area contributed by atoms with Crippen LogP contribution in [0.4, 0.5) is 5.69 Å². The highest BCUT2D eigenvalue weighted by Crippen LogP contribution is 2.33. The maximum Gasteiger partial charge on any atom is 0.125 e. The Hall–Kier alpha value is -1.66. The van der Waals surface area contributed by atoms with E-state index in [2.05, 4.69) is 17.7 Å². The molecular weight excluding hydrogens is 212 g/mol. The normalized spacial score (nSPS) is 11.7. The molecule has 3 nitrogen and oxygen atoms in total. The van der Waals surface area contributed by atoms with E-state index in [1.165, 1.54) is 0 Å². The smallest absolute Gasteiger partial charge is 0.125 e. The molecule has 0 aliphatic heterocycles. The lowest BCUT2D eigenvalue weighted by Crippen LogP contribution is -2.25. The third kappa shape index (κ3) is 2.92. The highest BCUT2D eigenvalue weighted by molar-refractivity contribution is 5.61. The van der Waals surface area contributed by atoms with Crippen LogP contribution in [0.15, 0.2) is 18.2 Å². The average molecular weight is 232 g/mol. The van der Waals surface area contributed by atoms with Gasteiger partial charge in [0.15, 0.2) is 0 Å². The van der Waals surface area contributed by atoms with E-state index in [-0.39, 0.29) is 6.04 Å². The molecule has 1 rings (SSSR count). The van der Waals surface area contributed by atoms with Gasteiger partial charge in [0.2, 0.25) is 0 Å². The van der Waals surface area contributed by atoms with Crippen molar-refractivity contribution in [2.45, 2.75) is 19.9 Å². The summed E-state index contributed by atoms with van der Waals surface area (Å²) in [6.07, 6.45) is 5.38. The van der Waals surface area contributed by atoms with E-state index < -0.39 is 0 Å². The van der Waals surface area contributed by atoms with Gasteiger partial charge in [-0.2, -0.15) is 0 Å². The van der Waals surface area contributed by atoms with Crippen LogP contribution in [0.25, 0.3) is 0 Å². The van der Waals surface area contributed by atoms with Gasteiger partial charge in [-0.25, -0.2) is 0 Å². The van der Waals surface area contributed by atoms with Gasteiger partial charge in [0.05, 0.1) is 13.7 Å². The Morgan fingerprint density at radius 3 is 2.71 bits per heavy atom. The summed E-state index contributed by atoms with van der Waals surface area (Å²) in [5, 5.41) is 0. The lowest BCUT2D eigenvalue weighted by Gasteiger charge is -2.26. The van der Waals surface area contributed by atoms with Gasteiger partial charge in [0, 0.05) is 23.8 Å². The van der Waals surface area contributed by atoms with Crippen LogP contribution in [-0.4, -0.2) is 20.2 Å². The topological polar surface area (TPSA) is 38.5 Å². The first kappa shape index (κ1) is 13.4. The monoisotopic (exact) mass is 232 g/mol. The van der Waals surface area contributed by atoms with Gasteiger partial charge in [-0.15, -0.1) is 6.42 Å². The molecule has 0 aliphatic rings. The van der Waals surface area contributed by atoms with Crippen LogP contribution in [-0.2, 0) is 0 Å². The molecule has 17 heavy (non-hydrogen) atoms. The Morgan fingerprint density at radius 1 is 1.53 bits per heavy atom. The van der Waals surface area contributed by atoms with Crippen LogP contribution in [0.3, 0.4) is 0 Å². The van der Waals surface area contributed by atoms with Crippen LogP contribution < -0.4 is 15.4 Å². The highest BCUT2D eigenvalue weighted by atomic mass is 16.5. The summed E-state index contributed by atoms with van der Waals surface area (Å²) < 4.78 is 5.36. The number of hydrogen-bond donors (Lipinski definition) is 1. The number of benzene rings is 1. The predicted molar refractivity (Wildman–Crippen MR) is 72.3 cm³/mol. The van der Waals surface area contributed by atoms with Crippen LogP contribution in [0.1, 0.15) is 25.5 Å². The van der Waals surface area contributed by atoms with Crippen molar-refractivity contribution in [1.82, 2.24) is 0 Å². The molecule has 0 radical (unpaired) electrons. The minimum absolute atomic E-state index is 0.0898. The van der Waals surface area contributed by atoms with Crippen molar-refractivity contribution in [2.75, 3.05) is 25.1 Å². The number of hydrogen-bond acceptors (Lipinski definition) is 3. The van der Waals surface area contributed by atoms with E-state index in [0.717, 1.165) is 23.5 Å². The summed E-state index contributed by atoms with van der Waals surface area (Å²) in [4.78, 5) is 2.11. The molecule has 0 heterocycles. The number of anilines is 1. The Bertz CT molecular complexity index is 407. The number of methoxy groups -OCH3 is 1. The minimum Gasteiger partial charge on any atom is -0.496 e. The van der Waals surface area contributed by atoms with E-state index in [1.807, 2.05) is 25.1 Å². The van der Waals surface area contributed by atoms with Crippen molar-refractivity contribution in [3.63, 3.8) is 0 Å². The van der Waals surface area contributed by atoms with Gasteiger partial charge < -0.3 is 15.4 Å². The van der Waals surface area contributed by atoms with Gasteiger partial charge in [-0.05, 0) is 26.0 Å². The SMILES string of the molecule is C#CCN(CC)c1cccc(OC)c1[C@H](C)N. The van der Waals surface area contributed by atoms with E-state index in [1.54, 1.807) is 7.11 Å². The molecule has 0 saturated carbocycles. The first-order chi connectivity index (χ1) is 8.15. The van der Waals surface area contributed by atoms with Crippen molar-refractivity contribution in [1.29, 1.82) is 0 Å². The number of nitrogens with zero attached hydrogens (tertiary/aromatic N) is 1. The zero-order valence-electron chi connectivity index (χ0n) is 10.7. The first-order valence-corrected chi connectivity index (χ1v) is 5.76. The number of rotatable bonds is 5. The lowest BCUT2D eigenvalue weighted by atomic mass is 10.0. The summed E-state index contributed by atoms with van der Waals surface area (Å²) in [7, 11) is 1.66. The Kier molecular flexibility index (Phi) is 4.86. The second-order valence-electron chi connectivity index (χ2n) is 3.90. The molecule has 1 aromatic carbocycles.